The van der Waals surface area contributed by atoms with Crippen LogP contribution in [0.3, 0.4) is 0 Å². The van der Waals surface area contributed by atoms with Gasteiger partial charge in [-0.15, -0.1) is 0 Å². The van der Waals surface area contributed by atoms with Crippen LogP contribution in [0.5, 0.6) is 0 Å². The monoisotopic (exact) mass is 479 g/mol. The molecule has 0 radical (unpaired) electrons. The largest absolute Gasteiger partial charge is 0.421 e. The lowest BCUT2D eigenvalue weighted by atomic mass is 10.1. The maximum Gasteiger partial charge on any atom is 0.421 e. The molecule has 1 amide bonds. The number of hydrogen-bond acceptors (Lipinski definition) is 4. The van der Waals surface area contributed by atoms with Crippen LogP contribution in [-0.4, -0.2) is 50.6 Å². The average molecular weight is 480 g/mol. The van der Waals surface area contributed by atoms with Gasteiger partial charge in [-0.3, -0.25) is 14.5 Å². The van der Waals surface area contributed by atoms with Gasteiger partial charge in [0.15, 0.2) is 5.69 Å². The second kappa shape index (κ2) is 7.88. The minimum atomic E-state index is -4.94. The number of carbonyl (C=O) groups is 1. The maximum atomic E-state index is 14.0. The molecule has 0 spiro atoms. The highest BCUT2D eigenvalue weighted by atomic mass is 35.5. The Bertz CT molecular complexity index is 1310. The van der Waals surface area contributed by atoms with E-state index in [9.17, 15) is 22.8 Å². The molecule has 1 atom stereocenters. The van der Waals surface area contributed by atoms with Gasteiger partial charge in [0, 0.05) is 35.8 Å². The molecule has 5 rings (SSSR count). The zero-order chi connectivity index (χ0) is 23.5. The number of likely N-dealkylation sites (tertiary alicyclic amines) is 1. The summed E-state index contributed by atoms with van der Waals surface area (Å²) >= 11 is 6.15. The van der Waals surface area contributed by atoms with Crippen LogP contribution in [0.1, 0.15) is 40.9 Å². The van der Waals surface area contributed by atoms with Crippen LogP contribution >= 0.6 is 11.6 Å². The predicted octanol–water partition coefficient (Wildman–Crippen LogP) is 3.64. The Labute approximate surface area is 191 Å². The molecule has 1 aliphatic carbocycles. The molecule has 11 heteroatoms. The molecule has 3 aromatic rings. The van der Waals surface area contributed by atoms with Crippen molar-refractivity contribution in [3.8, 4) is 11.3 Å². The van der Waals surface area contributed by atoms with Gasteiger partial charge in [0.25, 0.3) is 11.5 Å². The third kappa shape index (κ3) is 4.13. The summed E-state index contributed by atoms with van der Waals surface area (Å²) in [5.74, 6) is -0.937. The van der Waals surface area contributed by atoms with Crippen LogP contribution in [-0.2, 0) is 6.18 Å². The molecular formula is C22H21ClF3N5O2. The number of carbonyl (C=O) groups excluding carboxylic acids is 1. The minimum absolute atomic E-state index is 0.230. The van der Waals surface area contributed by atoms with Gasteiger partial charge in [0.05, 0.1) is 11.9 Å². The summed E-state index contributed by atoms with van der Waals surface area (Å²) in [6.07, 6.45) is -0.791. The van der Waals surface area contributed by atoms with Gasteiger partial charge in [-0.1, -0.05) is 23.7 Å². The molecule has 2 aliphatic rings. The molecule has 3 heterocycles. The standard InChI is InChI=1S/C22H21ClF3N5O2/c1-11-2-3-12(8-15(11)23)16-10-31-19(21(33)28-16)17(22(24,25)26)18(29-31)20(32)27-13-6-7-30(9-13)14-4-5-14/h2-3,8,10,13-14H,4-7,9H2,1H3,(H,27,32)(H,28,33). The molecule has 1 unspecified atom stereocenters. The highest BCUT2D eigenvalue weighted by molar-refractivity contribution is 6.31. The third-order valence-electron chi connectivity index (χ3n) is 6.22. The number of aryl methyl sites for hydroxylation is 1. The fourth-order valence-corrected chi connectivity index (χ4v) is 4.53. The molecule has 2 aromatic heterocycles. The molecule has 1 saturated heterocycles. The molecule has 33 heavy (non-hydrogen) atoms. The van der Waals surface area contributed by atoms with Gasteiger partial charge < -0.3 is 10.3 Å². The van der Waals surface area contributed by atoms with E-state index in [1.165, 1.54) is 6.20 Å². The Morgan fingerprint density at radius 3 is 2.70 bits per heavy atom. The van der Waals surface area contributed by atoms with Gasteiger partial charge in [-0.25, -0.2) is 4.52 Å². The highest BCUT2D eigenvalue weighted by Gasteiger charge is 2.42. The van der Waals surface area contributed by atoms with E-state index in [0.717, 1.165) is 29.5 Å². The van der Waals surface area contributed by atoms with Crippen LogP contribution in [0.2, 0.25) is 5.02 Å². The lowest BCUT2D eigenvalue weighted by molar-refractivity contribution is -0.136. The number of nitrogens with zero attached hydrogens (tertiary/aromatic N) is 3. The lowest BCUT2D eigenvalue weighted by Crippen LogP contribution is -2.38. The number of benzene rings is 1. The Kier molecular flexibility index (Phi) is 5.24. The summed E-state index contributed by atoms with van der Waals surface area (Å²) in [6, 6.07) is 5.27. The van der Waals surface area contributed by atoms with Crippen molar-refractivity contribution in [2.45, 2.75) is 44.4 Å². The number of aromatic nitrogens is 3. The number of nitrogens with one attached hydrogen (secondary N) is 2. The third-order valence-corrected chi connectivity index (χ3v) is 6.63. The van der Waals surface area contributed by atoms with E-state index in [2.05, 4.69) is 20.3 Å². The topological polar surface area (TPSA) is 82.5 Å². The first-order valence-corrected chi connectivity index (χ1v) is 11.0. The number of halogens is 4. The van der Waals surface area contributed by atoms with Crippen LogP contribution in [0.15, 0.2) is 29.2 Å². The fourth-order valence-electron chi connectivity index (χ4n) is 4.35. The van der Waals surface area contributed by atoms with Gasteiger partial charge >= 0.3 is 6.18 Å². The predicted molar refractivity (Wildman–Crippen MR) is 116 cm³/mol. The van der Waals surface area contributed by atoms with E-state index in [-0.39, 0.29) is 11.7 Å². The minimum Gasteiger partial charge on any atom is -0.347 e. The Morgan fingerprint density at radius 1 is 1.27 bits per heavy atom. The summed E-state index contributed by atoms with van der Waals surface area (Å²) in [7, 11) is 0. The van der Waals surface area contributed by atoms with E-state index in [0.29, 0.717) is 29.6 Å². The Morgan fingerprint density at radius 2 is 2.03 bits per heavy atom. The fraction of sp³-hybridized carbons (Fsp3) is 0.409. The molecule has 7 nitrogen and oxygen atoms in total. The molecule has 174 valence electrons. The molecular weight excluding hydrogens is 459 g/mol. The van der Waals surface area contributed by atoms with E-state index in [4.69, 9.17) is 11.6 Å². The van der Waals surface area contributed by atoms with Crippen molar-refractivity contribution >= 4 is 23.0 Å². The number of rotatable bonds is 4. The number of aromatic amines is 1. The van der Waals surface area contributed by atoms with E-state index < -0.39 is 34.4 Å². The molecule has 1 saturated carbocycles. The smallest absolute Gasteiger partial charge is 0.347 e. The Hall–Kier alpha value is -2.85. The van der Waals surface area contributed by atoms with Crippen LogP contribution in [0.25, 0.3) is 16.8 Å². The van der Waals surface area contributed by atoms with Gasteiger partial charge in [0.1, 0.15) is 11.1 Å². The first-order chi connectivity index (χ1) is 15.6. The average Bonchev–Trinajstić information content (AvgIpc) is 3.34. The van der Waals surface area contributed by atoms with E-state index in [1.807, 2.05) is 0 Å². The molecule has 2 fully saturated rings. The summed E-state index contributed by atoms with van der Waals surface area (Å²) in [6.45, 7) is 3.21. The molecule has 1 aromatic carbocycles. The quantitative estimate of drug-likeness (QED) is 0.598. The number of H-pyrrole nitrogens is 1. The van der Waals surface area contributed by atoms with Crippen LogP contribution in [0.4, 0.5) is 13.2 Å². The number of fused-ring (bicyclic) bond motifs is 1. The number of alkyl halides is 3. The van der Waals surface area contributed by atoms with E-state index >= 15 is 0 Å². The van der Waals surface area contributed by atoms with Crippen molar-refractivity contribution in [3.63, 3.8) is 0 Å². The van der Waals surface area contributed by atoms with Crippen molar-refractivity contribution in [3.05, 3.63) is 56.6 Å². The highest BCUT2D eigenvalue weighted by Crippen LogP contribution is 2.35. The first kappa shape index (κ1) is 22.0. The molecule has 1 aliphatic heterocycles. The summed E-state index contributed by atoms with van der Waals surface area (Å²) in [5.41, 5.74) is -2.32. The van der Waals surface area contributed by atoms with Crippen LogP contribution < -0.4 is 10.9 Å². The van der Waals surface area contributed by atoms with E-state index in [1.54, 1.807) is 25.1 Å². The van der Waals surface area contributed by atoms with Crippen molar-refractivity contribution in [2.75, 3.05) is 13.1 Å². The van der Waals surface area contributed by atoms with Crippen molar-refractivity contribution in [2.24, 2.45) is 0 Å². The summed E-state index contributed by atoms with van der Waals surface area (Å²) in [5, 5.41) is 7.01. The first-order valence-electron chi connectivity index (χ1n) is 10.7. The lowest BCUT2D eigenvalue weighted by Gasteiger charge is -2.15. The number of amides is 1. The zero-order valence-electron chi connectivity index (χ0n) is 17.7. The van der Waals surface area contributed by atoms with Crippen molar-refractivity contribution in [1.82, 2.24) is 24.8 Å². The van der Waals surface area contributed by atoms with Gasteiger partial charge in [0.2, 0.25) is 0 Å². The molecule has 0 bridgehead atoms. The number of hydrogen-bond donors (Lipinski definition) is 2. The summed E-state index contributed by atoms with van der Waals surface area (Å²) < 4.78 is 42.7. The van der Waals surface area contributed by atoms with Crippen LogP contribution in [0, 0.1) is 6.92 Å². The Balaban J connectivity index is 1.53. The normalized spacial score (nSPS) is 19.4. The zero-order valence-corrected chi connectivity index (χ0v) is 18.4. The van der Waals surface area contributed by atoms with Gasteiger partial charge in [-0.05, 0) is 37.8 Å². The SMILES string of the molecule is Cc1ccc(-c2cn3nc(C(=O)NC4CCN(C5CC5)C4)c(C(F)(F)F)c3c(=O)[nH]2)cc1Cl. The van der Waals surface area contributed by atoms with Crippen molar-refractivity contribution < 1.29 is 18.0 Å². The van der Waals surface area contributed by atoms with Gasteiger partial charge in [-0.2, -0.15) is 18.3 Å². The van der Waals surface area contributed by atoms with Crippen molar-refractivity contribution in [1.29, 1.82) is 0 Å². The maximum absolute atomic E-state index is 14.0. The summed E-state index contributed by atoms with van der Waals surface area (Å²) in [4.78, 5) is 30.3. The second-order valence-electron chi connectivity index (χ2n) is 8.66. The molecule has 2 N–H and O–H groups in total. The second-order valence-corrected chi connectivity index (χ2v) is 9.07.